The zero-order chi connectivity index (χ0) is 21.6. The van der Waals surface area contributed by atoms with Crippen molar-refractivity contribution in [3.05, 3.63) is 71.8 Å². The molecule has 0 aliphatic heterocycles. The van der Waals surface area contributed by atoms with E-state index >= 15 is 0 Å². The molecule has 2 aromatic rings. The Balaban J connectivity index is 0.000000612. The molecule has 8 nitrogen and oxygen atoms in total. The van der Waals surface area contributed by atoms with Gasteiger partial charge in [-0.25, -0.2) is 9.59 Å². The summed E-state index contributed by atoms with van der Waals surface area (Å²) < 4.78 is 0. The number of carboxylic acids is 2. The summed E-state index contributed by atoms with van der Waals surface area (Å²) in [6.07, 6.45) is -0.154. The van der Waals surface area contributed by atoms with Gasteiger partial charge in [0, 0.05) is 19.1 Å². The highest BCUT2D eigenvalue weighted by Gasteiger charge is 2.10. The van der Waals surface area contributed by atoms with Crippen LogP contribution in [0.1, 0.15) is 24.2 Å². The molecular formula is C21H26N2O6. The van der Waals surface area contributed by atoms with Gasteiger partial charge in [-0.15, -0.1) is 0 Å². The molecule has 0 fully saturated rings. The molecule has 0 aliphatic carbocycles. The van der Waals surface area contributed by atoms with E-state index in [-0.39, 0.29) is 11.9 Å². The molecule has 2 atom stereocenters. The lowest BCUT2D eigenvalue weighted by molar-refractivity contribution is -0.159. The Morgan fingerprint density at radius 3 is 1.90 bits per heavy atom. The molecule has 0 aromatic heterocycles. The maximum atomic E-state index is 11.9. The molecule has 8 heteroatoms. The molecule has 0 spiro atoms. The summed E-state index contributed by atoms with van der Waals surface area (Å²) in [5, 5.41) is 31.0. The number of amides is 1. The third-order valence-electron chi connectivity index (χ3n) is 3.84. The molecule has 29 heavy (non-hydrogen) atoms. The van der Waals surface area contributed by atoms with Gasteiger partial charge in [0.25, 0.3) is 0 Å². The molecule has 0 aliphatic rings. The predicted molar refractivity (Wildman–Crippen MR) is 107 cm³/mol. The van der Waals surface area contributed by atoms with E-state index in [0.29, 0.717) is 19.5 Å². The largest absolute Gasteiger partial charge is 0.473 e. The second-order valence-corrected chi connectivity index (χ2v) is 6.31. The molecule has 1 amide bonds. The lowest BCUT2D eigenvalue weighted by Gasteiger charge is -2.18. The van der Waals surface area contributed by atoms with Crippen LogP contribution in [-0.4, -0.2) is 52.3 Å². The minimum absolute atomic E-state index is 0.00783. The van der Waals surface area contributed by atoms with E-state index in [0.717, 1.165) is 11.1 Å². The number of hydrogen-bond acceptors (Lipinski definition) is 5. The summed E-state index contributed by atoms with van der Waals surface area (Å²) >= 11 is 0. The van der Waals surface area contributed by atoms with Crippen LogP contribution >= 0.6 is 0 Å². The van der Waals surface area contributed by atoms with Crippen molar-refractivity contribution in [3.8, 4) is 0 Å². The highest BCUT2D eigenvalue weighted by atomic mass is 16.4. The van der Waals surface area contributed by atoms with E-state index in [4.69, 9.17) is 19.8 Å². The molecular weight excluding hydrogens is 376 g/mol. The monoisotopic (exact) mass is 402 g/mol. The van der Waals surface area contributed by atoms with Gasteiger partial charge in [-0.05, 0) is 18.1 Å². The van der Waals surface area contributed by atoms with Crippen LogP contribution in [0.4, 0.5) is 0 Å². The summed E-state index contributed by atoms with van der Waals surface area (Å²) in [6, 6.07) is 19.3. The van der Waals surface area contributed by atoms with E-state index < -0.39 is 18.0 Å². The summed E-state index contributed by atoms with van der Waals surface area (Å²) in [5.41, 5.74) is 1.89. The quantitative estimate of drug-likeness (QED) is 0.419. The zero-order valence-electron chi connectivity index (χ0n) is 16.1. The molecule has 0 radical (unpaired) electrons. The highest BCUT2D eigenvalue weighted by molar-refractivity contribution is 6.27. The highest BCUT2D eigenvalue weighted by Crippen LogP contribution is 2.10. The minimum Gasteiger partial charge on any atom is -0.473 e. The van der Waals surface area contributed by atoms with Crippen LogP contribution in [0.5, 0.6) is 0 Å². The van der Waals surface area contributed by atoms with Gasteiger partial charge in [0.15, 0.2) is 0 Å². The van der Waals surface area contributed by atoms with Gasteiger partial charge in [0.1, 0.15) is 0 Å². The molecule has 2 aromatic carbocycles. The number of carbonyl (C=O) groups is 3. The summed E-state index contributed by atoms with van der Waals surface area (Å²) in [7, 11) is 0. The number of rotatable bonds is 8. The van der Waals surface area contributed by atoms with Crippen molar-refractivity contribution in [1.82, 2.24) is 10.6 Å². The first-order chi connectivity index (χ1) is 13.8. The molecule has 0 saturated heterocycles. The Labute approximate surface area is 169 Å². The molecule has 156 valence electrons. The van der Waals surface area contributed by atoms with E-state index in [1.54, 1.807) is 0 Å². The third-order valence-corrected chi connectivity index (χ3v) is 3.84. The number of aliphatic carboxylic acids is 2. The second kappa shape index (κ2) is 13.0. The number of benzene rings is 2. The van der Waals surface area contributed by atoms with Crippen molar-refractivity contribution in [2.75, 3.05) is 13.1 Å². The van der Waals surface area contributed by atoms with E-state index in [1.807, 2.05) is 67.6 Å². The zero-order valence-corrected chi connectivity index (χ0v) is 16.1. The van der Waals surface area contributed by atoms with Crippen molar-refractivity contribution < 1.29 is 29.7 Å². The van der Waals surface area contributed by atoms with E-state index in [2.05, 4.69) is 10.6 Å². The summed E-state index contributed by atoms with van der Waals surface area (Å²) in [5.74, 6) is -3.64. The first-order valence-corrected chi connectivity index (χ1v) is 9.02. The number of carbonyl (C=O) groups excluding carboxylic acids is 1. The van der Waals surface area contributed by atoms with Crippen LogP contribution in [0.2, 0.25) is 0 Å². The van der Waals surface area contributed by atoms with Crippen molar-refractivity contribution in [2.45, 2.75) is 25.5 Å². The fourth-order valence-corrected chi connectivity index (χ4v) is 2.29. The first kappa shape index (κ1) is 23.8. The maximum Gasteiger partial charge on any atom is 0.414 e. The van der Waals surface area contributed by atoms with Crippen LogP contribution in [0, 0.1) is 0 Å². The molecule has 2 rings (SSSR count). The van der Waals surface area contributed by atoms with Gasteiger partial charge in [0.05, 0.1) is 12.5 Å². The van der Waals surface area contributed by atoms with Crippen molar-refractivity contribution in [1.29, 1.82) is 0 Å². The smallest absolute Gasteiger partial charge is 0.414 e. The van der Waals surface area contributed by atoms with Crippen LogP contribution in [0.3, 0.4) is 0 Å². The van der Waals surface area contributed by atoms with Gasteiger partial charge < -0.3 is 26.0 Å². The van der Waals surface area contributed by atoms with Crippen LogP contribution in [0.15, 0.2) is 60.7 Å². The van der Waals surface area contributed by atoms with Crippen LogP contribution < -0.4 is 10.6 Å². The Kier molecular flexibility index (Phi) is 10.7. The minimum atomic E-state index is -1.82. The van der Waals surface area contributed by atoms with Gasteiger partial charge >= 0.3 is 11.9 Å². The van der Waals surface area contributed by atoms with Gasteiger partial charge in [0.2, 0.25) is 5.91 Å². The number of carboxylic acid groups (broad SMARTS) is 2. The lowest BCUT2D eigenvalue weighted by Crippen LogP contribution is -2.41. The van der Waals surface area contributed by atoms with Gasteiger partial charge in [-0.1, -0.05) is 60.7 Å². The van der Waals surface area contributed by atoms with E-state index in [9.17, 15) is 9.90 Å². The van der Waals surface area contributed by atoms with Crippen LogP contribution in [-0.2, 0) is 20.8 Å². The average Bonchev–Trinajstić information content (AvgIpc) is 2.72. The molecule has 0 saturated carbocycles. The fourth-order valence-electron chi connectivity index (χ4n) is 2.29. The van der Waals surface area contributed by atoms with E-state index in [1.165, 1.54) is 0 Å². The van der Waals surface area contributed by atoms with Gasteiger partial charge in [-0.2, -0.15) is 0 Å². The predicted octanol–water partition coefficient (Wildman–Crippen LogP) is 1.21. The van der Waals surface area contributed by atoms with Gasteiger partial charge in [-0.3, -0.25) is 4.79 Å². The first-order valence-electron chi connectivity index (χ1n) is 9.02. The number of aliphatic hydroxyl groups excluding tert-OH is 1. The Hall–Kier alpha value is -3.23. The average molecular weight is 402 g/mol. The topological polar surface area (TPSA) is 136 Å². The number of hydrogen-bond donors (Lipinski definition) is 5. The molecule has 5 N–H and O–H groups in total. The molecule has 0 bridgehead atoms. The lowest BCUT2D eigenvalue weighted by atomic mass is 10.1. The maximum absolute atomic E-state index is 11.9. The Morgan fingerprint density at radius 1 is 0.862 bits per heavy atom. The van der Waals surface area contributed by atoms with Crippen molar-refractivity contribution >= 4 is 17.8 Å². The third kappa shape index (κ3) is 10.6. The molecule has 0 heterocycles. The standard InChI is InChI=1S/C19H24N2O2.C2H2O4/c1-15(20-14-18(22)17-10-6-3-7-11-17)13-21-19(23)12-16-8-4-2-5-9-16;3-1(4)2(5)6/h2-11,15,18,20,22H,12-14H2,1H3,(H,21,23);(H,3,4)(H,5,6)/t15-,18-;/m0./s1. The summed E-state index contributed by atoms with van der Waals surface area (Å²) in [4.78, 5) is 30.1. The number of aliphatic hydroxyl groups is 1. The van der Waals surface area contributed by atoms with Crippen molar-refractivity contribution in [3.63, 3.8) is 0 Å². The SMILES string of the molecule is C[C@@H](CNC(=O)Cc1ccccc1)NC[C@H](O)c1ccccc1.O=C(O)C(=O)O. The second-order valence-electron chi connectivity index (χ2n) is 6.31. The van der Waals surface area contributed by atoms with Crippen molar-refractivity contribution in [2.24, 2.45) is 0 Å². The fraction of sp³-hybridized carbons (Fsp3) is 0.286. The number of nitrogens with one attached hydrogen (secondary N) is 2. The summed E-state index contributed by atoms with van der Waals surface area (Å²) in [6.45, 7) is 2.98. The normalized spacial score (nSPS) is 12.1. The van der Waals surface area contributed by atoms with Crippen LogP contribution in [0.25, 0.3) is 0 Å². The Bertz CT molecular complexity index is 755. The molecule has 0 unspecified atom stereocenters. The Morgan fingerprint density at radius 2 is 1.38 bits per heavy atom.